The molecule has 0 aromatic heterocycles. The molecule has 0 bridgehead atoms. The molecule has 2 N–H and O–H groups in total. The van der Waals surface area contributed by atoms with E-state index in [0.29, 0.717) is 6.42 Å². The summed E-state index contributed by atoms with van der Waals surface area (Å²) < 4.78 is 37.5. The Balaban J connectivity index is 1.87. The molecule has 3 saturated carbocycles. The fraction of sp³-hybridized carbons (Fsp3) is 0.739. The second kappa shape index (κ2) is 6.92. The number of fused-ring (bicyclic) bond motifs is 5. The van der Waals surface area contributed by atoms with E-state index < -0.39 is 63.7 Å². The topological polar surface area (TPSA) is 83.8 Å². The lowest BCUT2D eigenvalue weighted by Gasteiger charge is -2.63. The van der Waals surface area contributed by atoms with Crippen LogP contribution >= 0.6 is 11.6 Å². The first kappa shape index (κ1) is 23.0. The zero-order valence-corrected chi connectivity index (χ0v) is 18.9. The van der Waals surface area contributed by atoms with Crippen molar-refractivity contribution in [3.05, 3.63) is 22.8 Å². The summed E-state index contributed by atoms with van der Waals surface area (Å²) in [6.45, 7) is 4.58. The minimum Gasteiger partial charge on any atom is -0.390 e. The van der Waals surface area contributed by atoms with E-state index in [1.807, 2.05) is 0 Å². The molecule has 0 aromatic rings. The van der Waals surface area contributed by atoms with E-state index in [1.165, 1.54) is 20.1 Å². The van der Waals surface area contributed by atoms with E-state index >= 15 is 8.78 Å². The van der Waals surface area contributed by atoms with E-state index in [4.69, 9.17) is 16.3 Å². The quantitative estimate of drug-likeness (QED) is 0.679. The molecular weight excluding hydrogens is 430 g/mol. The van der Waals surface area contributed by atoms with Crippen LogP contribution in [-0.4, -0.2) is 59.0 Å². The maximum atomic E-state index is 17.1. The first-order chi connectivity index (χ1) is 14.3. The fourth-order valence-electron chi connectivity index (χ4n) is 7.47. The van der Waals surface area contributed by atoms with Gasteiger partial charge < -0.3 is 14.9 Å². The third-order valence-electron chi connectivity index (χ3n) is 8.99. The molecule has 5 nitrogen and oxygen atoms in total. The zero-order valence-electron chi connectivity index (χ0n) is 18.1. The lowest BCUT2D eigenvalue weighted by atomic mass is 9.44. The van der Waals surface area contributed by atoms with Gasteiger partial charge in [-0.15, -0.1) is 0 Å². The minimum atomic E-state index is -2.30. The van der Waals surface area contributed by atoms with E-state index in [9.17, 15) is 19.8 Å². The number of carbonyl (C=O) groups excluding carboxylic acids is 2. The SMILES string of the molecule is COCC(=O)[C@@]1(O)C(C)C[C@H]2[C@@H]3CC(F)C4=C(Cl)C(=O)C=C[C@]4(C)[C@@]3(F)C(O)C[C@@]21C. The lowest BCUT2D eigenvalue weighted by molar-refractivity contribution is -0.224. The Bertz CT molecular complexity index is 904. The van der Waals surface area contributed by atoms with Crippen molar-refractivity contribution in [3.63, 3.8) is 0 Å². The normalized spacial score (nSPS) is 51.4. The van der Waals surface area contributed by atoms with Gasteiger partial charge in [0.1, 0.15) is 18.4 Å². The van der Waals surface area contributed by atoms with E-state index in [-0.39, 0.29) is 30.1 Å². The third kappa shape index (κ3) is 2.52. The van der Waals surface area contributed by atoms with Crippen LogP contribution in [0.5, 0.6) is 0 Å². The van der Waals surface area contributed by atoms with E-state index in [0.717, 1.165) is 6.08 Å². The Kier molecular flexibility index (Phi) is 5.14. The summed E-state index contributed by atoms with van der Waals surface area (Å²) in [5.74, 6) is -3.14. The number of hydrogen-bond donors (Lipinski definition) is 2. The average molecular weight is 459 g/mol. The molecule has 3 unspecified atom stereocenters. The van der Waals surface area contributed by atoms with Crippen molar-refractivity contribution in [2.45, 2.75) is 63.6 Å². The van der Waals surface area contributed by atoms with Crippen molar-refractivity contribution in [2.24, 2.45) is 28.6 Å². The Hall–Kier alpha value is -1.15. The molecule has 0 heterocycles. The Morgan fingerprint density at radius 3 is 2.58 bits per heavy atom. The number of methoxy groups -OCH3 is 1. The summed E-state index contributed by atoms with van der Waals surface area (Å²) in [7, 11) is 1.35. The number of rotatable bonds is 3. The molecule has 9 atom stereocenters. The number of ketones is 2. The summed E-state index contributed by atoms with van der Waals surface area (Å²) in [6.07, 6.45) is -0.962. The van der Waals surface area contributed by atoms with Crippen LogP contribution in [0, 0.1) is 28.6 Å². The highest BCUT2D eigenvalue weighted by Crippen LogP contribution is 2.71. The molecule has 0 radical (unpaired) electrons. The first-order valence-electron chi connectivity index (χ1n) is 10.7. The molecule has 0 aliphatic heterocycles. The standard InChI is InChI=1S/C23H29ClF2O5/c1-11-7-12-13-8-14(25)18-19(24)15(27)5-6-20(18,2)22(13,26)16(28)9-21(12,3)23(11,30)17(29)10-31-4/h5-6,11-14,16,28,30H,7-10H2,1-4H3/t11?,12-,13-,14?,16?,20-,21-,22-,23-/m0/s1. The average Bonchev–Trinajstić information content (AvgIpc) is 2.89. The Labute approximate surface area is 185 Å². The lowest BCUT2D eigenvalue weighted by Crippen LogP contribution is -2.70. The molecular formula is C23H29ClF2O5. The zero-order chi connectivity index (χ0) is 23.1. The van der Waals surface area contributed by atoms with Crippen LogP contribution in [0.25, 0.3) is 0 Å². The number of hydrogen-bond acceptors (Lipinski definition) is 5. The molecule has 0 amide bonds. The Morgan fingerprint density at radius 1 is 1.32 bits per heavy atom. The number of halogens is 3. The van der Waals surface area contributed by atoms with Crippen LogP contribution < -0.4 is 0 Å². The van der Waals surface area contributed by atoms with Crippen LogP contribution in [0.2, 0.25) is 0 Å². The van der Waals surface area contributed by atoms with Crippen molar-refractivity contribution in [1.29, 1.82) is 0 Å². The predicted molar refractivity (Wildman–Crippen MR) is 110 cm³/mol. The number of Topliss-reactive ketones (excluding diaryl/α,β-unsaturated/α-hetero) is 1. The molecule has 4 aliphatic carbocycles. The summed E-state index contributed by atoms with van der Waals surface area (Å²) >= 11 is 6.14. The van der Waals surface area contributed by atoms with Crippen molar-refractivity contribution in [3.8, 4) is 0 Å². The second-order valence-electron chi connectivity index (χ2n) is 10.2. The van der Waals surface area contributed by atoms with Crippen LogP contribution in [0.4, 0.5) is 8.78 Å². The predicted octanol–water partition coefficient (Wildman–Crippen LogP) is 3.06. The van der Waals surface area contributed by atoms with Gasteiger partial charge in [0.05, 0.1) is 11.1 Å². The molecule has 4 rings (SSSR count). The van der Waals surface area contributed by atoms with E-state index in [2.05, 4.69) is 0 Å². The summed E-state index contributed by atoms with van der Waals surface area (Å²) in [5, 5.41) is 22.5. The molecule has 0 spiro atoms. The molecule has 3 fully saturated rings. The largest absolute Gasteiger partial charge is 0.390 e. The van der Waals surface area contributed by atoms with E-state index in [1.54, 1.807) is 13.8 Å². The number of ether oxygens (including phenoxy) is 1. The van der Waals surface area contributed by atoms with Gasteiger partial charge in [0.2, 0.25) is 0 Å². The fourth-order valence-corrected chi connectivity index (χ4v) is 7.85. The number of aliphatic hydroxyl groups is 2. The summed E-state index contributed by atoms with van der Waals surface area (Å²) in [4.78, 5) is 25.0. The maximum absolute atomic E-state index is 17.1. The van der Waals surface area contributed by atoms with Gasteiger partial charge in [-0.3, -0.25) is 9.59 Å². The van der Waals surface area contributed by atoms with Crippen LogP contribution in [0.3, 0.4) is 0 Å². The number of alkyl halides is 2. The minimum absolute atomic E-state index is 0.125. The summed E-state index contributed by atoms with van der Waals surface area (Å²) in [5.41, 5.74) is -7.02. The molecule has 0 saturated heterocycles. The van der Waals surface area contributed by atoms with Gasteiger partial charge in [0.25, 0.3) is 0 Å². The van der Waals surface area contributed by atoms with Gasteiger partial charge in [-0.05, 0) is 49.7 Å². The van der Waals surface area contributed by atoms with Crippen molar-refractivity contribution < 1.29 is 33.3 Å². The third-order valence-corrected chi connectivity index (χ3v) is 9.38. The van der Waals surface area contributed by atoms with Gasteiger partial charge >= 0.3 is 0 Å². The smallest absolute Gasteiger partial charge is 0.196 e. The highest BCUT2D eigenvalue weighted by molar-refractivity contribution is 6.45. The number of carbonyl (C=O) groups is 2. The van der Waals surface area contributed by atoms with Gasteiger partial charge in [0.15, 0.2) is 17.2 Å². The van der Waals surface area contributed by atoms with Crippen molar-refractivity contribution in [1.82, 2.24) is 0 Å². The maximum Gasteiger partial charge on any atom is 0.196 e. The Morgan fingerprint density at radius 2 is 1.97 bits per heavy atom. The second-order valence-corrected chi connectivity index (χ2v) is 10.6. The molecule has 8 heteroatoms. The van der Waals surface area contributed by atoms with Gasteiger partial charge in [-0.2, -0.15) is 0 Å². The van der Waals surface area contributed by atoms with Gasteiger partial charge in [0, 0.05) is 23.9 Å². The van der Waals surface area contributed by atoms with Gasteiger partial charge in [-0.1, -0.05) is 31.5 Å². The van der Waals surface area contributed by atoms with Crippen LogP contribution in [0.1, 0.15) is 40.0 Å². The van der Waals surface area contributed by atoms with Crippen molar-refractivity contribution in [2.75, 3.05) is 13.7 Å². The van der Waals surface area contributed by atoms with Crippen LogP contribution in [-0.2, 0) is 14.3 Å². The highest BCUT2D eigenvalue weighted by Gasteiger charge is 2.76. The van der Waals surface area contributed by atoms with Gasteiger partial charge in [-0.25, -0.2) is 8.78 Å². The van der Waals surface area contributed by atoms with Crippen molar-refractivity contribution >= 4 is 23.2 Å². The summed E-state index contributed by atoms with van der Waals surface area (Å²) in [6, 6.07) is 0. The highest BCUT2D eigenvalue weighted by atomic mass is 35.5. The monoisotopic (exact) mass is 458 g/mol. The molecule has 0 aromatic carbocycles. The number of allylic oxidation sites excluding steroid dienone is 4. The number of aliphatic hydroxyl groups excluding tert-OH is 1. The molecule has 4 aliphatic rings. The molecule has 31 heavy (non-hydrogen) atoms. The van der Waals surface area contributed by atoms with Crippen LogP contribution in [0.15, 0.2) is 22.8 Å². The molecule has 172 valence electrons. The first-order valence-corrected chi connectivity index (χ1v) is 11.1.